The van der Waals surface area contributed by atoms with Gasteiger partial charge in [0.25, 0.3) is 0 Å². The number of anilines is 1. The molecule has 40 heavy (non-hydrogen) atoms. The number of likely N-dealkylation sites (tertiary alicyclic amines) is 1. The third-order valence-electron chi connectivity index (χ3n) is 6.42. The average molecular weight is 562 g/mol. The van der Waals surface area contributed by atoms with Crippen LogP contribution in [-0.2, 0) is 35.3 Å². The normalized spacial score (nSPS) is 16.5. The van der Waals surface area contributed by atoms with Crippen molar-refractivity contribution in [3.8, 4) is 0 Å². The number of likely N-dealkylation sites (N-methyl/N-ethyl adjacent to an activating group) is 1. The Kier molecular flexibility index (Phi) is 16.9. The molecule has 11 heteroatoms. The number of hydrogen-bond acceptors (Lipinski definition) is 7. The van der Waals surface area contributed by atoms with E-state index < -0.39 is 0 Å². The summed E-state index contributed by atoms with van der Waals surface area (Å²) in [6.07, 6.45) is 3.85. The largest absolute Gasteiger partial charge is 0.461 e. The van der Waals surface area contributed by atoms with Crippen LogP contribution in [0.15, 0.2) is 24.3 Å². The molecule has 1 aromatic rings. The Morgan fingerprint density at radius 1 is 1.00 bits per heavy atom. The lowest BCUT2D eigenvalue weighted by atomic mass is 10.2. The lowest BCUT2D eigenvalue weighted by Crippen LogP contribution is -2.47. The average Bonchev–Trinajstić information content (AvgIpc) is 3.44. The summed E-state index contributed by atoms with van der Waals surface area (Å²) in [5.74, 6) is -0.282. The highest BCUT2D eigenvalue weighted by molar-refractivity contribution is 5.96. The highest BCUT2D eigenvalue weighted by atomic mass is 16.5. The second-order valence-corrected chi connectivity index (χ2v) is 9.46. The van der Waals surface area contributed by atoms with Gasteiger partial charge in [-0.05, 0) is 50.9 Å². The van der Waals surface area contributed by atoms with Gasteiger partial charge in [0, 0.05) is 64.7 Å². The van der Waals surface area contributed by atoms with Gasteiger partial charge < -0.3 is 30.1 Å². The van der Waals surface area contributed by atoms with Crippen molar-refractivity contribution in [2.24, 2.45) is 0 Å². The van der Waals surface area contributed by atoms with Crippen molar-refractivity contribution in [1.82, 2.24) is 20.0 Å². The molecule has 2 N–H and O–H groups in total. The van der Waals surface area contributed by atoms with Crippen LogP contribution in [0.25, 0.3) is 0 Å². The topological polar surface area (TPSA) is 128 Å². The van der Waals surface area contributed by atoms with Crippen molar-refractivity contribution in [2.45, 2.75) is 72.4 Å². The number of piperazine rings is 1. The van der Waals surface area contributed by atoms with Crippen LogP contribution in [0.1, 0.15) is 65.4 Å². The van der Waals surface area contributed by atoms with E-state index in [1.165, 1.54) is 11.8 Å². The number of carbonyl (C=O) groups is 5. The molecule has 11 nitrogen and oxygen atoms in total. The summed E-state index contributed by atoms with van der Waals surface area (Å²) in [6, 6.07) is 6.67. The van der Waals surface area contributed by atoms with Gasteiger partial charge in [0.2, 0.25) is 24.1 Å². The third kappa shape index (κ3) is 13.1. The molecule has 3 rings (SSSR count). The number of hydrogen-bond donors (Lipinski definition) is 2. The first-order valence-corrected chi connectivity index (χ1v) is 14.2. The van der Waals surface area contributed by atoms with Gasteiger partial charge in [-0.25, -0.2) is 0 Å². The molecule has 224 valence electrons. The summed E-state index contributed by atoms with van der Waals surface area (Å²) in [5, 5.41) is 5.53. The van der Waals surface area contributed by atoms with Crippen molar-refractivity contribution in [3.63, 3.8) is 0 Å². The van der Waals surface area contributed by atoms with Crippen molar-refractivity contribution in [2.75, 3.05) is 51.6 Å². The molecule has 0 saturated carbocycles. The molecule has 0 aromatic heterocycles. The number of nitrogens with one attached hydrogen (secondary N) is 2. The third-order valence-corrected chi connectivity index (χ3v) is 6.42. The summed E-state index contributed by atoms with van der Waals surface area (Å²) in [7, 11) is 2.07. The van der Waals surface area contributed by atoms with E-state index in [-0.39, 0.29) is 36.3 Å². The Morgan fingerprint density at radius 3 is 2.23 bits per heavy atom. The molecular weight excluding hydrogens is 514 g/mol. The minimum absolute atomic E-state index is 0.0404. The van der Waals surface area contributed by atoms with Gasteiger partial charge in [0.1, 0.15) is 12.6 Å². The summed E-state index contributed by atoms with van der Waals surface area (Å²) in [6.45, 7) is 12.3. The lowest BCUT2D eigenvalue weighted by molar-refractivity contribution is -0.142. The van der Waals surface area contributed by atoms with E-state index in [9.17, 15) is 24.0 Å². The van der Waals surface area contributed by atoms with Gasteiger partial charge in [0.15, 0.2) is 0 Å². The molecule has 1 aromatic carbocycles. The SMILES string of the molecule is CC.CC(=O)OCc1ccc(NC(=O)C2CCCN2C=O)cc1.CCNC(=O)CCCC(=O)N1CCN(C)CC1. The van der Waals surface area contributed by atoms with E-state index >= 15 is 0 Å². The van der Waals surface area contributed by atoms with Crippen LogP contribution in [0.3, 0.4) is 0 Å². The zero-order valence-electron chi connectivity index (χ0n) is 24.7. The standard InChI is InChI=1S/C15H18N2O4.C12H23N3O2.C2H6/c1-11(19)21-9-12-4-6-13(7-5-12)16-15(20)14-3-2-8-17(14)10-18;1-3-13-11(16)5-4-6-12(17)15-9-7-14(2)8-10-15;1-2/h4-7,10,14H,2-3,8-9H2,1H3,(H,16,20);3-10H2,1-2H3,(H,13,16);1-2H3. The molecule has 4 amide bonds. The first-order chi connectivity index (χ1) is 19.2. The molecule has 2 fully saturated rings. The van der Waals surface area contributed by atoms with Crippen LogP contribution < -0.4 is 10.6 Å². The Balaban J connectivity index is 0.000000385. The van der Waals surface area contributed by atoms with Gasteiger partial charge in [-0.3, -0.25) is 24.0 Å². The number of amides is 4. The van der Waals surface area contributed by atoms with E-state index in [1.54, 1.807) is 24.3 Å². The Bertz CT molecular complexity index is 931. The van der Waals surface area contributed by atoms with Gasteiger partial charge in [0.05, 0.1) is 0 Å². The Hall–Kier alpha value is -3.47. The van der Waals surface area contributed by atoms with Crippen LogP contribution in [-0.4, -0.2) is 97.2 Å². The zero-order valence-corrected chi connectivity index (χ0v) is 24.7. The van der Waals surface area contributed by atoms with Gasteiger partial charge in [-0.15, -0.1) is 0 Å². The molecule has 1 unspecified atom stereocenters. The number of rotatable bonds is 10. The van der Waals surface area contributed by atoms with Crippen molar-refractivity contribution in [3.05, 3.63) is 29.8 Å². The van der Waals surface area contributed by atoms with Crippen molar-refractivity contribution in [1.29, 1.82) is 0 Å². The molecule has 2 aliphatic rings. The first kappa shape index (κ1) is 34.6. The van der Waals surface area contributed by atoms with E-state index in [4.69, 9.17) is 4.74 Å². The van der Waals surface area contributed by atoms with E-state index in [2.05, 4.69) is 22.6 Å². The molecule has 0 aliphatic carbocycles. The number of esters is 1. The Morgan fingerprint density at radius 2 is 1.65 bits per heavy atom. The molecule has 0 spiro atoms. The number of benzene rings is 1. The molecular formula is C29H47N5O6. The number of carbonyl (C=O) groups excluding carboxylic acids is 5. The smallest absolute Gasteiger partial charge is 0.302 e. The highest BCUT2D eigenvalue weighted by Crippen LogP contribution is 2.18. The second-order valence-electron chi connectivity index (χ2n) is 9.46. The number of ether oxygens (including phenoxy) is 1. The van der Waals surface area contributed by atoms with Crippen LogP contribution in [0.2, 0.25) is 0 Å². The fourth-order valence-electron chi connectivity index (χ4n) is 4.19. The zero-order chi connectivity index (χ0) is 29.9. The second kappa shape index (κ2) is 19.6. The first-order valence-electron chi connectivity index (χ1n) is 14.2. The van der Waals surface area contributed by atoms with Gasteiger partial charge in [-0.1, -0.05) is 26.0 Å². The van der Waals surface area contributed by atoms with E-state index in [1.807, 2.05) is 25.7 Å². The Labute approximate surface area is 238 Å². The fraction of sp³-hybridized carbons (Fsp3) is 0.621. The minimum Gasteiger partial charge on any atom is -0.461 e. The van der Waals surface area contributed by atoms with Crippen LogP contribution in [0, 0.1) is 0 Å². The maximum atomic E-state index is 12.1. The van der Waals surface area contributed by atoms with Gasteiger partial charge >= 0.3 is 5.97 Å². The van der Waals surface area contributed by atoms with Crippen molar-refractivity contribution >= 4 is 35.8 Å². The maximum absolute atomic E-state index is 12.1. The fourth-order valence-corrected chi connectivity index (χ4v) is 4.19. The molecule has 1 atom stereocenters. The number of nitrogens with zero attached hydrogens (tertiary/aromatic N) is 3. The lowest BCUT2D eigenvalue weighted by Gasteiger charge is -2.32. The summed E-state index contributed by atoms with van der Waals surface area (Å²) in [4.78, 5) is 62.3. The quantitative estimate of drug-likeness (QED) is 0.332. The molecule has 0 bridgehead atoms. The molecule has 0 radical (unpaired) electrons. The summed E-state index contributed by atoms with van der Waals surface area (Å²) in [5.41, 5.74) is 1.50. The van der Waals surface area contributed by atoms with E-state index in [0.29, 0.717) is 44.5 Å². The van der Waals surface area contributed by atoms with Crippen LogP contribution >= 0.6 is 0 Å². The van der Waals surface area contributed by atoms with Crippen LogP contribution in [0.4, 0.5) is 5.69 Å². The van der Waals surface area contributed by atoms with Gasteiger partial charge in [-0.2, -0.15) is 0 Å². The van der Waals surface area contributed by atoms with Crippen molar-refractivity contribution < 1.29 is 28.7 Å². The minimum atomic E-state index is -0.386. The summed E-state index contributed by atoms with van der Waals surface area (Å²) >= 11 is 0. The predicted octanol–water partition coefficient (Wildman–Crippen LogP) is 2.40. The molecule has 2 saturated heterocycles. The van der Waals surface area contributed by atoms with E-state index in [0.717, 1.165) is 44.6 Å². The highest BCUT2D eigenvalue weighted by Gasteiger charge is 2.29. The molecule has 2 heterocycles. The maximum Gasteiger partial charge on any atom is 0.302 e. The molecule has 2 aliphatic heterocycles. The monoisotopic (exact) mass is 561 g/mol. The summed E-state index contributed by atoms with van der Waals surface area (Å²) < 4.78 is 4.89. The predicted molar refractivity (Wildman–Crippen MR) is 154 cm³/mol. The van der Waals surface area contributed by atoms with Crippen LogP contribution in [0.5, 0.6) is 0 Å².